The Morgan fingerprint density at radius 2 is 1.70 bits per heavy atom. The lowest BCUT2D eigenvalue weighted by Crippen LogP contribution is -2.17. The van der Waals surface area contributed by atoms with Gasteiger partial charge in [0.25, 0.3) is 0 Å². The second-order valence-corrected chi connectivity index (χ2v) is 9.25. The Balaban J connectivity index is 3.54. The van der Waals surface area contributed by atoms with Crippen LogP contribution in [0.15, 0.2) is 24.3 Å². The molecule has 0 heterocycles. The third-order valence-corrected chi connectivity index (χ3v) is 2.63. The van der Waals surface area contributed by atoms with E-state index in [1.165, 1.54) is 6.04 Å². The molecule has 0 aliphatic carbocycles. The molecule has 0 saturated heterocycles. The average Bonchev–Trinajstić information content (AvgIpc) is 1.78. The van der Waals surface area contributed by atoms with Crippen molar-refractivity contribution in [2.45, 2.75) is 32.6 Å². The molecule has 1 heteroatoms. The fourth-order valence-electron chi connectivity index (χ4n) is 0.611. The van der Waals surface area contributed by atoms with Crippen LogP contribution in [-0.2, 0) is 0 Å². The second kappa shape index (κ2) is 4.50. The smallest absolute Gasteiger partial charge is 0.0480 e. The highest BCUT2D eigenvalue weighted by molar-refractivity contribution is 6.76. The van der Waals surface area contributed by atoms with Gasteiger partial charge in [0.05, 0.1) is 0 Å². The number of hydrogen-bond acceptors (Lipinski definition) is 0. The molecule has 0 saturated carbocycles. The summed E-state index contributed by atoms with van der Waals surface area (Å²) in [6.45, 7) is 9.19. The minimum Gasteiger partial charge on any atom is -0.0877 e. The highest BCUT2D eigenvalue weighted by atomic mass is 28.3. The summed E-state index contributed by atoms with van der Waals surface area (Å²) in [4.78, 5) is 0. The molecule has 0 aromatic rings. The van der Waals surface area contributed by atoms with E-state index in [4.69, 9.17) is 0 Å². The predicted molar refractivity (Wildman–Crippen MR) is 52.1 cm³/mol. The SMILES string of the molecule is C/C=C\C=C\C[Si](C)(C)C. The normalized spacial score (nSPS) is 13.6. The maximum Gasteiger partial charge on any atom is 0.0480 e. The zero-order valence-electron chi connectivity index (χ0n) is 7.52. The Kier molecular flexibility index (Phi) is 4.37. The van der Waals surface area contributed by atoms with Gasteiger partial charge in [0.15, 0.2) is 0 Å². The van der Waals surface area contributed by atoms with Crippen LogP contribution < -0.4 is 0 Å². The van der Waals surface area contributed by atoms with Crippen LogP contribution in [-0.4, -0.2) is 8.07 Å². The first-order valence-electron chi connectivity index (χ1n) is 3.84. The largest absolute Gasteiger partial charge is 0.0877 e. The van der Waals surface area contributed by atoms with Crippen LogP contribution in [0.25, 0.3) is 0 Å². The van der Waals surface area contributed by atoms with Gasteiger partial charge >= 0.3 is 0 Å². The molecule has 0 aliphatic rings. The summed E-state index contributed by atoms with van der Waals surface area (Å²) in [6, 6.07) is 1.29. The Labute approximate surface area is 65.7 Å². The summed E-state index contributed by atoms with van der Waals surface area (Å²) in [6.07, 6.45) is 8.55. The summed E-state index contributed by atoms with van der Waals surface area (Å²) >= 11 is 0. The zero-order chi connectivity index (χ0) is 8.04. The van der Waals surface area contributed by atoms with E-state index in [2.05, 4.69) is 43.9 Å². The van der Waals surface area contributed by atoms with Crippen molar-refractivity contribution in [2.75, 3.05) is 0 Å². The monoisotopic (exact) mass is 154 g/mol. The lowest BCUT2D eigenvalue weighted by molar-refractivity contribution is 1.51. The van der Waals surface area contributed by atoms with Gasteiger partial charge < -0.3 is 0 Å². The first-order chi connectivity index (χ1) is 4.56. The fraction of sp³-hybridized carbons (Fsp3) is 0.556. The maximum absolute atomic E-state index is 2.38. The van der Waals surface area contributed by atoms with E-state index in [0.717, 1.165) is 0 Å². The summed E-state index contributed by atoms with van der Waals surface area (Å²) in [5.74, 6) is 0. The van der Waals surface area contributed by atoms with Gasteiger partial charge in [0, 0.05) is 8.07 Å². The molecule has 0 spiro atoms. The zero-order valence-corrected chi connectivity index (χ0v) is 8.52. The van der Waals surface area contributed by atoms with Crippen molar-refractivity contribution in [2.24, 2.45) is 0 Å². The van der Waals surface area contributed by atoms with Crippen LogP contribution in [0.2, 0.25) is 25.7 Å². The van der Waals surface area contributed by atoms with Crippen molar-refractivity contribution >= 4 is 8.07 Å². The van der Waals surface area contributed by atoms with E-state index in [-0.39, 0.29) is 0 Å². The molecule has 0 unspecified atom stereocenters. The Morgan fingerprint density at radius 1 is 1.10 bits per heavy atom. The van der Waals surface area contributed by atoms with Gasteiger partial charge in [-0.25, -0.2) is 0 Å². The molecule has 0 N–H and O–H groups in total. The number of hydrogen-bond donors (Lipinski definition) is 0. The molecule has 0 nitrogen and oxygen atoms in total. The molecule has 0 atom stereocenters. The second-order valence-electron chi connectivity index (χ2n) is 3.72. The van der Waals surface area contributed by atoms with Crippen LogP contribution in [0.4, 0.5) is 0 Å². The summed E-state index contributed by atoms with van der Waals surface area (Å²) in [7, 11) is -0.828. The molecule has 0 aromatic carbocycles. The first kappa shape index (κ1) is 9.70. The number of allylic oxidation sites excluding steroid dienone is 4. The lowest BCUT2D eigenvalue weighted by Gasteiger charge is -2.10. The van der Waals surface area contributed by atoms with Crippen LogP contribution in [0.1, 0.15) is 6.92 Å². The molecule has 0 aromatic heterocycles. The first-order valence-corrected chi connectivity index (χ1v) is 7.55. The topological polar surface area (TPSA) is 0 Å². The Bertz CT molecular complexity index is 126. The van der Waals surface area contributed by atoms with E-state index < -0.39 is 8.07 Å². The van der Waals surface area contributed by atoms with E-state index in [9.17, 15) is 0 Å². The van der Waals surface area contributed by atoms with Crippen LogP contribution in [0.5, 0.6) is 0 Å². The molecule has 0 radical (unpaired) electrons. The lowest BCUT2D eigenvalue weighted by atomic mass is 10.5. The molecule has 0 amide bonds. The van der Waals surface area contributed by atoms with Crippen molar-refractivity contribution in [3.05, 3.63) is 24.3 Å². The molecular weight excluding hydrogens is 136 g/mol. The quantitative estimate of drug-likeness (QED) is 0.431. The summed E-state index contributed by atoms with van der Waals surface area (Å²) in [5, 5.41) is 0. The van der Waals surface area contributed by atoms with Crippen molar-refractivity contribution in [3.63, 3.8) is 0 Å². The average molecular weight is 154 g/mol. The van der Waals surface area contributed by atoms with E-state index in [1.54, 1.807) is 0 Å². The van der Waals surface area contributed by atoms with Crippen LogP contribution >= 0.6 is 0 Å². The summed E-state index contributed by atoms with van der Waals surface area (Å²) in [5.41, 5.74) is 0. The van der Waals surface area contributed by atoms with Gasteiger partial charge in [-0.05, 0) is 13.0 Å². The molecule has 10 heavy (non-hydrogen) atoms. The Morgan fingerprint density at radius 3 is 2.10 bits per heavy atom. The van der Waals surface area contributed by atoms with Crippen molar-refractivity contribution < 1.29 is 0 Å². The number of rotatable bonds is 3. The minimum absolute atomic E-state index is 0.828. The maximum atomic E-state index is 2.38. The Hall–Kier alpha value is -0.303. The molecular formula is C9H18Si. The van der Waals surface area contributed by atoms with Crippen molar-refractivity contribution in [1.82, 2.24) is 0 Å². The van der Waals surface area contributed by atoms with Gasteiger partial charge in [-0.2, -0.15) is 0 Å². The van der Waals surface area contributed by atoms with E-state index in [1.807, 2.05) is 6.92 Å². The van der Waals surface area contributed by atoms with Gasteiger partial charge in [-0.1, -0.05) is 43.9 Å². The predicted octanol–water partition coefficient (Wildman–Crippen LogP) is 3.46. The standard InChI is InChI=1S/C9H18Si/c1-5-6-7-8-9-10(2,3)4/h5-8H,9H2,1-4H3/b6-5-,8-7+. The van der Waals surface area contributed by atoms with Crippen molar-refractivity contribution in [3.8, 4) is 0 Å². The van der Waals surface area contributed by atoms with Gasteiger partial charge in [-0.3, -0.25) is 0 Å². The van der Waals surface area contributed by atoms with Crippen LogP contribution in [0, 0.1) is 0 Å². The van der Waals surface area contributed by atoms with Crippen molar-refractivity contribution in [1.29, 1.82) is 0 Å². The molecule has 0 bridgehead atoms. The van der Waals surface area contributed by atoms with Gasteiger partial charge in [0.1, 0.15) is 0 Å². The highest BCUT2D eigenvalue weighted by Gasteiger charge is 2.08. The van der Waals surface area contributed by atoms with Crippen LogP contribution in [0.3, 0.4) is 0 Å². The van der Waals surface area contributed by atoms with Gasteiger partial charge in [-0.15, -0.1) is 0 Å². The minimum atomic E-state index is -0.828. The molecule has 0 rings (SSSR count). The highest BCUT2D eigenvalue weighted by Crippen LogP contribution is 2.07. The third-order valence-electron chi connectivity index (χ3n) is 1.17. The summed E-state index contributed by atoms with van der Waals surface area (Å²) < 4.78 is 0. The fourth-order valence-corrected chi connectivity index (χ4v) is 1.45. The van der Waals surface area contributed by atoms with E-state index in [0.29, 0.717) is 0 Å². The molecule has 0 aliphatic heterocycles. The van der Waals surface area contributed by atoms with E-state index >= 15 is 0 Å². The molecule has 0 fully saturated rings. The third kappa shape index (κ3) is 7.70. The molecule has 58 valence electrons. The van der Waals surface area contributed by atoms with Gasteiger partial charge in [0.2, 0.25) is 0 Å².